The summed E-state index contributed by atoms with van der Waals surface area (Å²) in [5.41, 5.74) is 1.71. The second kappa shape index (κ2) is 7.30. The highest BCUT2D eigenvalue weighted by Crippen LogP contribution is 2.33. The maximum atomic E-state index is 12.4. The molecule has 0 spiro atoms. The van der Waals surface area contributed by atoms with Gasteiger partial charge in [-0.2, -0.15) is 5.10 Å². The molecular weight excluding hydrogens is 336 g/mol. The molecule has 2 heterocycles. The Hall–Kier alpha value is -3.29. The normalized spacial score (nSPS) is 10.8. The van der Waals surface area contributed by atoms with Crippen molar-refractivity contribution in [2.45, 2.75) is 19.8 Å². The van der Waals surface area contributed by atoms with E-state index in [9.17, 15) is 4.79 Å². The third-order valence-corrected chi connectivity index (χ3v) is 3.88. The van der Waals surface area contributed by atoms with E-state index in [4.69, 9.17) is 14.0 Å². The number of carbonyl (C=O) groups excluding carboxylic acids is 1. The maximum Gasteiger partial charge on any atom is 0.279 e. The van der Waals surface area contributed by atoms with Crippen LogP contribution in [0.5, 0.6) is 11.5 Å². The lowest BCUT2D eigenvalue weighted by Crippen LogP contribution is -2.12. The molecule has 0 aliphatic carbocycles. The van der Waals surface area contributed by atoms with Crippen LogP contribution in [0, 0.1) is 0 Å². The van der Waals surface area contributed by atoms with Crippen molar-refractivity contribution in [2.75, 3.05) is 19.5 Å². The van der Waals surface area contributed by atoms with E-state index in [1.807, 2.05) is 13.8 Å². The third kappa shape index (κ3) is 3.53. The Morgan fingerprint density at radius 3 is 2.65 bits per heavy atom. The Kier molecular flexibility index (Phi) is 4.92. The molecule has 26 heavy (non-hydrogen) atoms. The molecule has 0 saturated heterocycles. The minimum Gasteiger partial charge on any atom is -0.497 e. The molecule has 0 aliphatic rings. The molecule has 0 bridgehead atoms. The zero-order valence-electron chi connectivity index (χ0n) is 15.0. The second-order valence-corrected chi connectivity index (χ2v) is 5.96. The van der Waals surface area contributed by atoms with E-state index in [0.29, 0.717) is 28.6 Å². The quantitative estimate of drug-likeness (QED) is 0.701. The largest absolute Gasteiger partial charge is 0.497 e. The Balaban J connectivity index is 1.82. The van der Waals surface area contributed by atoms with Crippen LogP contribution in [0.25, 0.3) is 11.3 Å². The molecular formula is C18H20N4O4. The van der Waals surface area contributed by atoms with Gasteiger partial charge in [-0.3, -0.25) is 9.89 Å². The number of carbonyl (C=O) groups is 1. The highest BCUT2D eigenvalue weighted by Gasteiger charge is 2.18. The number of hydrogen-bond acceptors (Lipinski definition) is 6. The van der Waals surface area contributed by atoms with Gasteiger partial charge in [0.2, 0.25) is 0 Å². The van der Waals surface area contributed by atoms with Crippen molar-refractivity contribution in [3.8, 4) is 22.8 Å². The minimum atomic E-state index is -0.413. The number of nitrogens with zero attached hydrogens (tertiary/aromatic N) is 2. The van der Waals surface area contributed by atoms with Crippen LogP contribution in [-0.4, -0.2) is 35.5 Å². The summed E-state index contributed by atoms with van der Waals surface area (Å²) in [6.07, 6.45) is 0. The topological polar surface area (TPSA) is 102 Å². The number of anilines is 1. The summed E-state index contributed by atoms with van der Waals surface area (Å²) < 4.78 is 15.9. The van der Waals surface area contributed by atoms with E-state index in [2.05, 4.69) is 20.7 Å². The van der Waals surface area contributed by atoms with Crippen molar-refractivity contribution in [1.29, 1.82) is 0 Å². The first kappa shape index (κ1) is 17.5. The summed E-state index contributed by atoms with van der Waals surface area (Å²) in [5.74, 6) is 1.93. The standard InChI is InChI=1S/C18H20N4O4/c1-10(2)13-9-17(21-20-13)19-18(23)14-8-16(26-22-14)12-7-11(24-3)5-6-15(12)25-4/h5-10H,1-4H3,(H2,19,20,21,23). The molecule has 0 atom stereocenters. The zero-order chi connectivity index (χ0) is 18.7. The van der Waals surface area contributed by atoms with Crippen molar-refractivity contribution >= 4 is 11.7 Å². The van der Waals surface area contributed by atoms with E-state index in [1.165, 1.54) is 0 Å². The Morgan fingerprint density at radius 2 is 2.00 bits per heavy atom. The average Bonchev–Trinajstić information content (AvgIpc) is 3.30. The summed E-state index contributed by atoms with van der Waals surface area (Å²) in [6, 6.07) is 8.62. The lowest BCUT2D eigenvalue weighted by Gasteiger charge is -2.07. The number of nitrogens with one attached hydrogen (secondary N) is 2. The lowest BCUT2D eigenvalue weighted by molar-refractivity contribution is 0.101. The second-order valence-electron chi connectivity index (χ2n) is 5.96. The zero-order valence-corrected chi connectivity index (χ0v) is 15.0. The summed E-state index contributed by atoms with van der Waals surface area (Å²) in [5, 5.41) is 13.5. The van der Waals surface area contributed by atoms with Gasteiger partial charge in [0, 0.05) is 17.8 Å². The molecule has 3 rings (SSSR count). The molecule has 8 nitrogen and oxygen atoms in total. The molecule has 1 aromatic carbocycles. The minimum absolute atomic E-state index is 0.138. The molecule has 0 fully saturated rings. The monoisotopic (exact) mass is 356 g/mol. The number of aromatic nitrogens is 3. The number of rotatable bonds is 6. The number of ether oxygens (including phenoxy) is 2. The van der Waals surface area contributed by atoms with E-state index in [0.717, 1.165) is 5.69 Å². The summed E-state index contributed by atoms with van der Waals surface area (Å²) in [4.78, 5) is 12.4. The molecule has 0 unspecified atom stereocenters. The van der Waals surface area contributed by atoms with Gasteiger partial charge in [-0.25, -0.2) is 0 Å². The number of amides is 1. The molecule has 0 saturated carbocycles. The summed E-state index contributed by atoms with van der Waals surface area (Å²) in [6.45, 7) is 4.06. The van der Waals surface area contributed by atoms with Crippen LogP contribution >= 0.6 is 0 Å². The van der Waals surface area contributed by atoms with Crippen LogP contribution in [0.3, 0.4) is 0 Å². The van der Waals surface area contributed by atoms with Gasteiger partial charge in [0.1, 0.15) is 11.5 Å². The first-order chi connectivity index (χ1) is 12.5. The maximum absolute atomic E-state index is 12.4. The highest BCUT2D eigenvalue weighted by atomic mass is 16.5. The van der Waals surface area contributed by atoms with Gasteiger partial charge in [-0.1, -0.05) is 19.0 Å². The smallest absolute Gasteiger partial charge is 0.279 e. The molecule has 2 N–H and O–H groups in total. The van der Waals surface area contributed by atoms with Crippen molar-refractivity contribution in [3.05, 3.63) is 41.7 Å². The predicted octanol–water partition coefficient (Wildman–Crippen LogP) is 3.46. The first-order valence-electron chi connectivity index (χ1n) is 8.07. The van der Waals surface area contributed by atoms with Crippen molar-refractivity contribution < 1.29 is 18.8 Å². The van der Waals surface area contributed by atoms with Crippen LogP contribution in [0.15, 0.2) is 34.9 Å². The van der Waals surface area contributed by atoms with Gasteiger partial charge < -0.3 is 19.3 Å². The van der Waals surface area contributed by atoms with E-state index >= 15 is 0 Å². The van der Waals surface area contributed by atoms with Gasteiger partial charge in [0.05, 0.1) is 19.8 Å². The number of benzene rings is 1. The van der Waals surface area contributed by atoms with Gasteiger partial charge in [0.15, 0.2) is 17.3 Å². The number of methoxy groups -OCH3 is 2. The highest BCUT2D eigenvalue weighted by molar-refractivity contribution is 6.02. The van der Waals surface area contributed by atoms with E-state index < -0.39 is 5.91 Å². The van der Waals surface area contributed by atoms with Crippen LogP contribution in [-0.2, 0) is 0 Å². The van der Waals surface area contributed by atoms with Gasteiger partial charge >= 0.3 is 0 Å². The van der Waals surface area contributed by atoms with Crippen molar-refractivity contribution in [1.82, 2.24) is 15.4 Å². The van der Waals surface area contributed by atoms with Crippen LogP contribution in [0.2, 0.25) is 0 Å². The number of aromatic amines is 1. The molecule has 1 amide bonds. The summed E-state index contributed by atoms with van der Waals surface area (Å²) >= 11 is 0. The van der Waals surface area contributed by atoms with Crippen LogP contribution < -0.4 is 14.8 Å². The van der Waals surface area contributed by atoms with E-state index in [-0.39, 0.29) is 11.6 Å². The van der Waals surface area contributed by atoms with Crippen LogP contribution in [0.1, 0.15) is 35.9 Å². The first-order valence-corrected chi connectivity index (χ1v) is 8.07. The molecule has 0 radical (unpaired) electrons. The SMILES string of the molecule is COc1ccc(OC)c(-c2cc(C(=O)Nc3cc(C(C)C)[nH]n3)no2)c1. The third-order valence-electron chi connectivity index (χ3n) is 3.88. The molecule has 136 valence electrons. The molecule has 0 aliphatic heterocycles. The van der Waals surface area contributed by atoms with Crippen molar-refractivity contribution in [3.63, 3.8) is 0 Å². The van der Waals surface area contributed by atoms with Crippen molar-refractivity contribution in [2.24, 2.45) is 0 Å². The Bertz CT molecular complexity index is 914. The Morgan fingerprint density at radius 1 is 1.19 bits per heavy atom. The van der Waals surface area contributed by atoms with Crippen LogP contribution in [0.4, 0.5) is 5.82 Å². The lowest BCUT2D eigenvalue weighted by atomic mass is 10.1. The fraction of sp³-hybridized carbons (Fsp3) is 0.278. The fourth-order valence-corrected chi connectivity index (χ4v) is 2.39. The number of hydrogen-bond donors (Lipinski definition) is 2. The molecule has 2 aromatic heterocycles. The molecule has 8 heteroatoms. The van der Waals surface area contributed by atoms with Gasteiger partial charge in [-0.15, -0.1) is 0 Å². The Labute approximate surface area is 150 Å². The summed E-state index contributed by atoms with van der Waals surface area (Å²) in [7, 11) is 3.12. The van der Waals surface area contributed by atoms with E-state index in [1.54, 1.807) is 44.6 Å². The van der Waals surface area contributed by atoms with Gasteiger partial charge in [-0.05, 0) is 24.1 Å². The number of H-pyrrole nitrogens is 1. The van der Waals surface area contributed by atoms with Gasteiger partial charge in [0.25, 0.3) is 5.91 Å². The fourth-order valence-electron chi connectivity index (χ4n) is 2.39. The molecule has 3 aromatic rings. The average molecular weight is 356 g/mol. The predicted molar refractivity (Wildman–Crippen MR) is 95.7 cm³/mol.